The molecule has 3 rings (SSSR count). The van der Waals surface area contributed by atoms with Gasteiger partial charge in [-0.25, -0.2) is 9.97 Å². The van der Waals surface area contributed by atoms with Crippen LogP contribution in [0.25, 0.3) is 11.0 Å². The van der Waals surface area contributed by atoms with E-state index in [2.05, 4.69) is 32.1 Å². The van der Waals surface area contributed by atoms with E-state index in [9.17, 15) is 4.79 Å². The monoisotopic (exact) mass is 287 g/mol. The molecule has 2 aromatic heterocycles. The van der Waals surface area contributed by atoms with Crippen LogP contribution in [0.2, 0.25) is 0 Å². The predicted molar refractivity (Wildman–Crippen MR) is 82.1 cm³/mol. The van der Waals surface area contributed by atoms with E-state index in [0.29, 0.717) is 12.0 Å². The largest absolute Gasteiger partial charge is 0.372 e. The summed E-state index contributed by atoms with van der Waals surface area (Å²) in [7, 11) is 3.72. The molecule has 1 fully saturated rings. The smallest absolute Gasteiger partial charge is 0.209 e. The normalized spacial score (nSPS) is 21.6. The SMILES string of the molecule is CNc1ncnc2c1ccn2C1CCC(CN(C)C=O)C1. The summed E-state index contributed by atoms with van der Waals surface area (Å²) in [6.07, 6.45) is 8.02. The molecule has 6 heteroatoms. The fourth-order valence-corrected chi connectivity index (χ4v) is 3.38. The van der Waals surface area contributed by atoms with Crippen molar-refractivity contribution in [3.05, 3.63) is 18.6 Å². The van der Waals surface area contributed by atoms with E-state index in [0.717, 1.165) is 49.1 Å². The lowest BCUT2D eigenvalue weighted by Gasteiger charge is -2.17. The van der Waals surface area contributed by atoms with Gasteiger partial charge in [-0.3, -0.25) is 4.79 Å². The van der Waals surface area contributed by atoms with E-state index < -0.39 is 0 Å². The zero-order chi connectivity index (χ0) is 14.8. The molecule has 1 aliphatic rings. The van der Waals surface area contributed by atoms with Gasteiger partial charge in [0.1, 0.15) is 17.8 Å². The highest BCUT2D eigenvalue weighted by Crippen LogP contribution is 2.37. The molecule has 2 atom stereocenters. The van der Waals surface area contributed by atoms with Crippen LogP contribution < -0.4 is 5.32 Å². The predicted octanol–water partition coefficient (Wildman–Crippen LogP) is 1.90. The Labute approximate surface area is 124 Å². The number of amides is 1. The molecule has 0 bridgehead atoms. The van der Waals surface area contributed by atoms with Gasteiger partial charge in [0.15, 0.2) is 0 Å². The Hall–Kier alpha value is -2.11. The Morgan fingerprint density at radius 2 is 2.33 bits per heavy atom. The van der Waals surface area contributed by atoms with Crippen LogP contribution in [-0.4, -0.2) is 46.5 Å². The van der Waals surface area contributed by atoms with E-state index in [1.54, 1.807) is 11.2 Å². The number of aromatic nitrogens is 3. The first-order valence-corrected chi connectivity index (χ1v) is 7.37. The second kappa shape index (κ2) is 5.71. The fraction of sp³-hybridized carbons (Fsp3) is 0.533. The Morgan fingerprint density at radius 1 is 1.48 bits per heavy atom. The quantitative estimate of drug-likeness (QED) is 0.853. The van der Waals surface area contributed by atoms with Crippen LogP contribution in [0.15, 0.2) is 18.6 Å². The van der Waals surface area contributed by atoms with Gasteiger partial charge >= 0.3 is 0 Å². The maximum atomic E-state index is 10.7. The number of hydrogen-bond donors (Lipinski definition) is 1. The summed E-state index contributed by atoms with van der Waals surface area (Å²) in [5, 5.41) is 4.17. The van der Waals surface area contributed by atoms with E-state index in [1.165, 1.54) is 0 Å². The van der Waals surface area contributed by atoms with Gasteiger partial charge in [0.2, 0.25) is 6.41 Å². The summed E-state index contributed by atoms with van der Waals surface area (Å²) in [5.74, 6) is 1.45. The summed E-state index contributed by atoms with van der Waals surface area (Å²) in [5.41, 5.74) is 0.990. The second-order valence-electron chi connectivity index (χ2n) is 5.81. The molecule has 1 N–H and O–H groups in total. The molecule has 0 aromatic carbocycles. The molecule has 2 heterocycles. The van der Waals surface area contributed by atoms with Crippen LogP contribution in [0, 0.1) is 5.92 Å². The van der Waals surface area contributed by atoms with E-state index >= 15 is 0 Å². The zero-order valence-electron chi connectivity index (χ0n) is 12.5. The number of carbonyl (C=O) groups excluding carboxylic acids is 1. The van der Waals surface area contributed by atoms with Crippen molar-refractivity contribution in [1.82, 2.24) is 19.4 Å². The van der Waals surface area contributed by atoms with Gasteiger partial charge in [-0.1, -0.05) is 0 Å². The molecule has 1 aliphatic carbocycles. The van der Waals surface area contributed by atoms with Crippen LogP contribution in [0.5, 0.6) is 0 Å². The maximum Gasteiger partial charge on any atom is 0.209 e. The molecule has 21 heavy (non-hydrogen) atoms. The molecule has 2 unspecified atom stereocenters. The Kier molecular flexibility index (Phi) is 3.77. The van der Waals surface area contributed by atoms with Crippen LogP contribution >= 0.6 is 0 Å². The molecule has 1 amide bonds. The lowest BCUT2D eigenvalue weighted by molar-refractivity contribution is -0.117. The van der Waals surface area contributed by atoms with Crippen molar-refractivity contribution < 1.29 is 4.79 Å². The van der Waals surface area contributed by atoms with Crippen molar-refractivity contribution in [1.29, 1.82) is 0 Å². The number of hydrogen-bond acceptors (Lipinski definition) is 4. The average molecular weight is 287 g/mol. The van der Waals surface area contributed by atoms with Crippen molar-refractivity contribution >= 4 is 23.3 Å². The Balaban J connectivity index is 1.81. The first-order chi connectivity index (χ1) is 10.2. The first-order valence-electron chi connectivity index (χ1n) is 7.37. The average Bonchev–Trinajstić information content (AvgIpc) is 3.12. The van der Waals surface area contributed by atoms with Crippen molar-refractivity contribution in [2.24, 2.45) is 5.92 Å². The van der Waals surface area contributed by atoms with Crippen molar-refractivity contribution in [2.75, 3.05) is 26.0 Å². The summed E-state index contributed by atoms with van der Waals surface area (Å²) in [4.78, 5) is 21.2. The van der Waals surface area contributed by atoms with Crippen molar-refractivity contribution in [3.63, 3.8) is 0 Å². The molecule has 0 aliphatic heterocycles. The Morgan fingerprint density at radius 3 is 3.10 bits per heavy atom. The minimum Gasteiger partial charge on any atom is -0.372 e. The van der Waals surface area contributed by atoms with Crippen LogP contribution in [0.3, 0.4) is 0 Å². The lowest BCUT2D eigenvalue weighted by Crippen LogP contribution is -2.23. The van der Waals surface area contributed by atoms with Gasteiger partial charge in [-0.15, -0.1) is 0 Å². The molecule has 2 aromatic rings. The van der Waals surface area contributed by atoms with Gasteiger partial charge in [0, 0.05) is 32.9 Å². The van der Waals surface area contributed by atoms with E-state index in [4.69, 9.17) is 0 Å². The molecule has 112 valence electrons. The third kappa shape index (κ3) is 2.57. The third-order valence-corrected chi connectivity index (χ3v) is 4.38. The summed E-state index contributed by atoms with van der Waals surface area (Å²) >= 11 is 0. The third-order valence-electron chi connectivity index (χ3n) is 4.38. The number of fused-ring (bicyclic) bond motifs is 1. The number of nitrogens with zero attached hydrogens (tertiary/aromatic N) is 4. The number of carbonyl (C=O) groups is 1. The van der Waals surface area contributed by atoms with E-state index in [1.807, 2.05) is 14.1 Å². The van der Waals surface area contributed by atoms with Crippen LogP contribution in [-0.2, 0) is 4.79 Å². The Bertz CT molecular complexity index is 638. The van der Waals surface area contributed by atoms with Gasteiger partial charge in [0.05, 0.1) is 5.39 Å². The van der Waals surface area contributed by atoms with Crippen LogP contribution in [0.4, 0.5) is 5.82 Å². The maximum absolute atomic E-state index is 10.7. The minimum absolute atomic E-state index is 0.465. The topological polar surface area (TPSA) is 63.1 Å². The zero-order valence-corrected chi connectivity index (χ0v) is 12.5. The number of rotatable bonds is 5. The summed E-state index contributed by atoms with van der Waals surface area (Å²) < 4.78 is 2.26. The summed E-state index contributed by atoms with van der Waals surface area (Å²) in [6, 6.07) is 2.54. The van der Waals surface area contributed by atoms with Gasteiger partial charge in [-0.2, -0.15) is 0 Å². The highest BCUT2D eigenvalue weighted by atomic mass is 16.1. The molecular weight excluding hydrogens is 266 g/mol. The number of anilines is 1. The van der Waals surface area contributed by atoms with Gasteiger partial charge in [-0.05, 0) is 31.2 Å². The molecule has 0 radical (unpaired) electrons. The molecular formula is C15H21N5O. The van der Waals surface area contributed by atoms with Crippen LogP contribution in [0.1, 0.15) is 25.3 Å². The van der Waals surface area contributed by atoms with Gasteiger partial charge in [0.25, 0.3) is 0 Å². The molecule has 1 saturated carbocycles. The summed E-state index contributed by atoms with van der Waals surface area (Å²) in [6.45, 7) is 0.843. The van der Waals surface area contributed by atoms with Crippen molar-refractivity contribution in [3.8, 4) is 0 Å². The molecule has 0 spiro atoms. The lowest BCUT2D eigenvalue weighted by atomic mass is 10.1. The first kappa shape index (κ1) is 13.9. The van der Waals surface area contributed by atoms with Gasteiger partial charge < -0.3 is 14.8 Å². The minimum atomic E-state index is 0.465. The molecule has 6 nitrogen and oxygen atoms in total. The molecule has 0 saturated heterocycles. The van der Waals surface area contributed by atoms with E-state index in [-0.39, 0.29) is 0 Å². The second-order valence-corrected chi connectivity index (χ2v) is 5.81. The highest BCUT2D eigenvalue weighted by Gasteiger charge is 2.27. The fourth-order valence-electron chi connectivity index (χ4n) is 3.38. The number of nitrogens with one attached hydrogen (secondary N) is 1. The van der Waals surface area contributed by atoms with Crippen molar-refractivity contribution in [2.45, 2.75) is 25.3 Å². The standard InChI is InChI=1S/C15H21N5O/c1-16-14-13-5-6-20(15(13)18-9-17-14)12-4-3-11(7-12)8-19(2)10-21/h5-6,9-12H,3-4,7-8H2,1-2H3,(H,16,17,18). The highest BCUT2D eigenvalue weighted by molar-refractivity contribution is 5.87.